The summed E-state index contributed by atoms with van der Waals surface area (Å²) in [5.74, 6) is -1.31. The minimum Gasteiger partial charge on any atom is -0.292 e. The molecule has 0 bridgehead atoms. The second-order valence-electron chi connectivity index (χ2n) is 4.57. The van der Waals surface area contributed by atoms with E-state index in [2.05, 4.69) is 6.92 Å². The molecule has 0 N–H and O–H groups in total. The van der Waals surface area contributed by atoms with Crippen LogP contribution in [0.3, 0.4) is 0 Å². The number of carbonyl (C=O) groups excluding carboxylic acids is 1. The Morgan fingerprint density at radius 2 is 1.90 bits per heavy atom. The van der Waals surface area contributed by atoms with Crippen LogP contribution in [0.1, 0.15) is 44.6 Å². The summed E-state index contributed by atoms with van der Waals surface area (Å²) in [6.07, 6.45) is 5.04. The molecule has 1 aromatic carbocycles. The molecule has 0 spiro atoms. The molecule has 4 nitrogen and oxygen atoms in total. The van der Waals surface area contributed by atoms with Crippen LogP contribution in [0.15, 0.2) is 30.1 Å². The normalized spacial score (nSPS) is 11.4. The van der Waals surface area contributed by atoms with Crippen LogP contribution in [0.25, 0.3) is 6.08 Å². The molecule has 108 valence electrons. The second kappa shape index (κ2) is 8.19. The van der Waals surface area contributed by atoms with E-state index < -0.39 is 16.5 Å². The molecule has 5 heteroatoms. The van der Waals surface area contributed by atoms with Gasteiger partial charge in [0.05, 0.1) is 4.92 Å². The lowest BCUT2D eigenvalue weighted by atomic mass is 10.1. The first-order chi connectivity index (χ1) is 9.54. The number of hydrogen-bond donors (Lipinski definition) is 0. The van der Waals surface area contributed by atoms with E-state index in [9.17, 15) is 19.3 Å². The fourth-order valence-corrected chi connectivity index (χ4v) is 1.75. The van der Waals surface area contributed by atoms with Gasteiger partial charge in [0.15, 0.2) is 11.6 Å². The van der Waals surface area contributed by atoms with E-state index in [4.69, 9.17) is 0 Å². The molecular weight excluding hydrogens is 261 g/mol. The maximum Gasteiger partial charge on any atom is 0.269 e. The number of Topliss-reactive ketones (excluding diaryl/α,β-unsaturated/α-hetero) is 1. The van der Waals surface area contributed by atoms with Crippen LogP contribution in [-0.2, 0) is 4.79 Å². The minimum atomic E-state index is -0.796. The number of rotatable bonds is 8. The van der Waals surface area contributed by atoms with Crippen LogP contribution in [-0.4, -0.2) is 10.7 Å². The highest BCUT2D eigenvalue weighted by Gasteiger charge is 2.09. The molecule has 0 amide bonds. The van der Waals surface area contributed by atoms with Crippen molar-refractivity contribution in [1.82, 2.24) is 0 Å². The van der Waals surface area contributed by atoms with Gasteiger partial charge >= 0.3 is 0 Å². The summed E-state index contributed by atoms with van der Waals surface area (Å²) in [5.41, 5.74) is 0.378. The van der Waals surface area contributed by atoms with Crippen molar-refractivity contribution in [1.29, 1.82) is 0 Å². The number of unbranched alkanes of at least 4 members (excludes halogenated alkanes) is 3. The number of non-ortho nitro benzene ring substituents is 1. The Kier molecular flexibility index (Phi) is 6.56. The van der Waals surface area contributed by atoms with Crippen LogP contribution < -0.4 is 0 Å². The van der Waals surface area contributed by atoms with E-state index in [1.165, 1.54) is 24.3 Å². The summed E-state index contributed by atoms with van der Waals surface area (Å²) in [4.78, 5) is 21.5. The lowest BCUT2D eigenvalue weighted by Crippen LogP contribution is -1.98. The first-order valence-electron chi connectivity index (χ1n) is 6.69. The fourth-order valence-electron chi connectivity index (χ4n) is 1.75. The van der Waals surface area contributed by atoms with Gasteiger partial charge in [0.1, 0.15) is 0 Å². The van der Waals surface area contributed by atoms with Gasteiger partial charge in [-0.3, -0.25) is 14.9 Å². The molecule has 0 aliphatic carbocycles. The van der Waals surface area contributed by atoms with Gasteiger partial charge in [-0.15, -0.1) is 0 Å². The summed E-state index contributed by atoms with van der Waals surface area (Å²) in [7, 11) is 0. The van der Waals surface area contributed by atoms with Crippen molar-refractivity contribution in [2.45, 2.75) is 39.0 Å². The van der Waals surface area contributed by atoms with Gasteiger partial charge in [-0.1, -0.05) is 26.2 Å². The highest BCUT2D eigenvalue weighted by molar-refractivity contribution is 5.97. The molecule has 0 saturated heterocycles. The third-order valence-electron chi connectivity index (χ3n) is 2.92. The summed E-state index contributed by atoms with van der Waals surface area (Å²) in [6.45, 7) is 2.07. The van der Waals surface area contributed by atoms with Gasteiger partial charge in [-0.2, -0.15) is 0 Å². The van der Waals surface area contributed by atoms with E-state index in [0.717, 1.165) is 25.3 Å². The number of ketones is 1. The fraction of sp³-hybridized carbons (Fsp3) is 0.400. The monoisotopic (exact) mass is 279 g/mol. The molecule has 0 saturated carbocycles. The molecule has 0 heterocycles. The maximum absolute atomic E-state index is 13.6. The average molecular weight is 279 g/mol. The molecule has 0 unspecified atom stereocenters. The smallest absolute Gasteiger partial charge is 0.269 e. The molecule has 1 aromatic rings. The van der Waals surface area contributed by atoms with Crippen molar-refractivity contribution >= 4 is 17.5 Å². The van der Waals surface area contributed by atoms with Gasteiger partial charge in [0.2, 0.25) is 0 Å². The predicted octanol–water partition coefficient (Wildman–Crippen LogP) is 4.44. The van der Waals surface area contributed by atoms with Gasteiger partial charge in [0.25, 0.3) is 5.69 Å². The number of nitro groups is 1. The zero-order valence-corrected chi connectivity index (χ0v) is 11.5. The first-order valence-corrected chi connectivity index (χ1v) is 6.69. The first kappa shape index (κ1) is 16.0. The van der Waals surface area contributed by atoms with Gasteiger partial charge in [0, 0.05) is 18.6 Å². The summed E-state index contributed by atoms with van der Waals surface area (Å²) < 4.78 is 13.6. The third kappa shape index (κ3) is 5.30. The molecule has 0 radical (unpaired) electrons. The van der Waals surface area contributed by atoms with E-state index in [0.29, 0.717) is 12.0 Å². The number of carbonyl (C=O) groups is 1. The van der Waals surface area contributed by atoms with Crippen molar-refractivity contribution in [3.8, 4) is 0 Å². The minimum absolute atomic E-state index is 0.0616. The Balaban J connectivity index is 2.58. The molecule has 0 aliphatic heterocycles. The molecule has 1 rings (SSSR count). The number of nitro benzene ring substituents is 1. The number of hydrogen-bond acceptors (Lipinski definition) is 3. The van der Waals surface area contributed by atoms with Crippen molar-refractivity contribution in [3.63, 3.8) is 0 Å². The lowest BCUT2D eigenvalue weighted by Gasteiger charge is -1.99. The molecule has 0 fully saturated rings. The average Bonchev–Trinajstić information content (AvgIpc) is 2.44. The van der Waals surface area contributed by atoms with Crippen LogP contribution in [0.5, 0.6) is 0 Å². The zero-order chi connectivity index (χ0) is 15.0. The summed E-state index contributed by atoms with van der Waals surface area (Å²) in [6, 6.07) is 5.40. The molecular formula is C15H18FNO3. The zero-order valence-electron chi connectivity index (χ0n) is 11.5. The SMILES string of the molecule is CCCCCCC(=O)/C(F)=C\c1ccc([N+](=O)[O-])cc1. The van der Waals surface area contributed by atoms with Crippen LogP contribution in [0, 0.1) is 10.1 Å². The largest absolute Gasteiger partial charge is 0.292 e. The third-order valence-corrected chi connectivity index (χ3v) is 2.92. The van der Waals surface area contributed by atoms with Gasteiger partial charge in [-0.05, 0) is 30.2 Å². The van der Waals surface area contributed by atoms with Crippen LogP contribution >= 0.6 is 0 Å². The van der Waals surface area contributed by atoms with Crippen LogP contribution in [0.4, 0.5) is 10.1 Å². The van der Waals surface area contributed by atoms with Crippen molar-refractivity contribution in [2.75, 3.05) is 0 Å². The van der Waals surface area contributed by atoms with E-state index >= 15 is 0 Å². The van der Waals surface area contributed by atoms with Crippen LogP contribution in [0.2, 0.25) is 0 Å². The Labute approximate surface area is 117 Å². The Morgan fingerprint density at radius 1 is 1.25 bits per heavy atom. The Morgan fingerprint density at radius 3 is 2.45 bits per heavy atom. The highest BCUT2D eigenvalue weighted by Crippen LogP contribution is 2.16. The second-order valence-corrected chi connectivity index (χ2v) is 4.57. The van der Waals surface area contributed by atoms with Crippen molar-refractivity contribution < 1.29 is 14.1 Å². The number of allylic oxidation sites excluding steroid dienone is 1. The Bertz CT molecular complexity index is 494. The summed E-state index contributed by atoms with van der Waals surface area (Å²) >= 11 is 0. The number of nitrogens with zero attached hydrogens (tertiary/aromatic N) is 1. The molecule has 20 heavy (non-hydrogen) atoms. The maximum atomic E-state index is 13.6. The van der Waals surface area contributed by atoms with Gasteiger partial charge < -0.3 is 0 Å². The van der Waals surface area contributed by atoms with Gasteiger partial charge in [-0.25, -0.2) is 4.39 Å². The van der Waals surface area contributed by atoms with Crippen molar-refractivity contribution in [2.24, 2.45) is 0 Å². The molecule has 0 atom stereocenters. The highest BCUT2D eigenvalue weighted by atomic mass is 19.1. The number of halogens is 1. The standard InChI is InChI=1S/C15H18FNO3/c1-2-3-4-5-6-15(18)14(16)11-12-7-9-13(10-8-12)17(19)20/h7-11H,2-6H2,1H3/b14-11+. The Hall–Kier alpha value is -2.04. The molecule has 0 aromatic heterocycles. The van der Waals surface area contributed by atoms with Crippen molar-refractivity contribution in [3.05, 3.63) is 45.8 Å². The van der Waals surface area contributed by atoms with E-state index in [1.54, 1.807) is 0 Å². The quantitative estimate of drug-likeness (QED) is 0.306. The lowest BCUT2D eigenvalue weighted by molar-refractivity contribution is -0.384. The number of benzene rings is 1. The summed E-state index contributed by atoms with van der Waals surface area (Å²) in [5, 5.41) is 10.5. The topological polar surface area (TPSA) is 60.2 Å². The van der Waals surface area contributed by atoms with E-state index in [1.807, 2.05) is 0 Å². The molecule has 0 aliphatic rings. The predicted molar refractivity (Wildman–Crippen MR) is 75.9 cm³/mol. The van der Waals surface area contributed by atoms with E-state index in [-0.39, 0.29) is 12.1 Å².